The molecule has 3 saturated heterocycles. The number of pyridine rings is 1. The molecule has 0 spiro atoms. The number of hydrogen-bond donors (Lipinski definition) is 1. The molecule has 5 amide bonds. The van der Waals surface area contributed by atoms with Crippen LogP contribution in [0.25, 0.3) is 4.85 Å². The lowest BCUT2D eigenvalue weighted by Crippen LogP contribution is -2.54. The van der Waals surface area contributed by atoms with Crippen LogP contribution in [0.1, 0.15) is 88.0 Å². The van der Waals surface area contributed by atoms with E-state index in [0.29, 0.717) is 47.6 Å². The van der Waals surface area contributed by atoms with Crippen LogP contribution in [0.15, 0.2) is 42.6 Å². The van der Waals surface area contributed by atoms with E-state index in [-0.39, 0.29) is 47.7 Å². The maximum absolute atomic E-state index is 15.5. The minimum absolute atomic E-state index is 0.0167. The molecule has 0 bridgehead atoms. The summed E-state index contributed by atoms with van der Waals surface area (Å²) in [6.45, 7) is 13.0. The second-order valence-electron chi connectivity index (χ2n) is 16.4. The van der Waals surface area contributed by atoms with Crippen molar-refractivity contribution in [2.24, 2.45) is 5.92 Å². The standard InChI is InChI=1S/C43H44ClFN8O6/c1-46-35-7-6-29(19-33(35)44)59-28-4-2-27(3-5-28)52-24-26-18-38(47-22-32(26)41(52)56)51-12-10-25(11-13-51)23-49-14-16-50(17-15-49)37-21-31-30(20-34(37)45)42(57)53(43(31)58)36-8-9-39(54)48-40(36)55/h6-7,18-22,25,27-28,36H,2-5,8-17,23-24H2,(H,48,54,55). The summed E-state index contributed by atoms with van der Waals surface area (Å²) in [6, 6.07) is 8.82. The first-order valence-corrected chi connectivity index (χ1v) is 20.8. The number of anilines is 2. The molecule has 3 aromatic rings. The maximum atomic E-state index is 15.5. The molecule has 6 aliphatic rings. The highest BCUT2D eigenvalue weighted by Crippen LogP contribution is 2.37. The van der Waals surface area contributed by atoms with E-state index in [1.54, 1.807) is 24.4 Å². The van der Waals surface area contributed by atoms with Crippen LogP contribution in [-0.4, -0.2) is 113 Å². The van der Waals surface area contributed by atoms with Gasteiger partial charge < -0.3 is 19.4 Å². The zero-order valence-corrected chi connectivity index (χ0v) is 33.3. The van der Waals surface area contributed by atoms with Crippen LogP contribution in [0.2, 0.25) is 5.02 Å². The van der Waals surface area contributed by atoms with Crippen LogP contribution in [0.4, 0.5) is 21.6 Å². The zero-order chi connectivity index (χ0) is 40.9. The van der Waals surface area contributed by atoms with Gasteiger partial charge in [-0.05, 0) is 86.8 Å². The average molecular weight is 823 g/mol. The van der Waals surface area contributed by atoms with Crippen molar-refractivity contribution in [2.75, 3.05) is 55.6 Å². The predicted molar refractivity (Wildman–Crippen MR) is 215 cm³/mol. The number of ether oxygens (including phenoxy) is 1. The number of carbonyl (C=O) groups excluding carboxylic acids is 5. The number of nitrogens with one attached hydrogen (secondary N) is 1. The predicted octanol–water partition coefficient (Wildman–Crippen LogP) is 5.21. The number of carbonyl (C=O) groups is 5. The highest BCUT2D eigenvalue weighted by molar-refractivity contribution is 6.33. The van der Waals surface area contributed by atoms with Gasteiger partial charge in [-0.25, -0.2) is 14.2 Å². The third-order valence-corrected chi connectivity index (χ3v) is 13.2. The maximum Gasteiger partial charge on any atom is 0.262 e. The summed E-state index contributed by atoms with van der Waals surface area (Å²) < 4.78 is 21.6. The number of benzene rings is 2. The van der Waals surface area contributed by atoms with E-state index in [4.69, 9.17) is 27.9 Å². The second-order valence-corrected chi connectivity index (χ2v) is 16.8. The van der Waals surface area contributed by atoms with Crippen molar-refractivity contribution in [1.29, 1.82) is 0 Å². The largest absolute Gasteiger partial charge is 0.490 e. The van der Waals surface area contributed by atoms with Gasteiger partial charge in [0, 0.05) is 71.0 Å². The molecule has 2 aromatic carbocycles. The molecular weight excluding hydrogens is 779 g/mol. The van der Waals surface area contributed by atoms with E-state index in [9.17, 15) is 24.0 Å². The van der Waals surface area contributed by atoms with Crippen molar-refractivity contribution in [3.63, 3.8) is 0 Å². The van der Waals surface area contributed by atoms with Gasteiger partial charge in [0.05, 0.1) is 40.1 Å². The van der Waals surface area contributed by atoms with E-state index in [1.165, 1.54) is 6.07 Å². The molecule has 1 aromatic heterocycles. The molecular formula is C43H44ClFN8O6. The SMILES string of the molecule is [C-]#[N+]c1ccc(OC2CCC(N3Cc4cc(N5CCC(CN6CCN(c7cc8c(cc7F)C(=O)N(C7CCC(=O)NC7=O)C8=O)CC6)CC5)ncc4C3=O)CC2)cc1Cl. The Balaban J connectivity index is 0.739. The highest BCUT2D eigenvalue weighted by atomic mass is 35.5. The molecule has 0 radical (unpaired) electrons. The van der Waals surface area contributed by atoms with Gasteiger partial charge in [-0.1, -0.05) is 17.7 Å². The molecule has 16 heteroatoms. The topological polar surface area (TPSA) is 140 Å². The lowest BCUT2D eigenvalue weighted by Gasteiger charge is -2.40. The number of fused-ring (bicyclic) bond motifs is 2. The summed E-state index contributed by atoms with van der Waals surface area (Å²) in [7, 11) is 0. The fraction of sp³-hybridized carbons (Fsp3) is 0.465. The van der Waals surface area contributed by atoms with E-state index in [1.807, 2.05) is 9.80 Å². The monoisotopic (exact) mass is 822 g/mol. The number of piperazine rings is 1. The number of imide groups is 2. The summed E-state index contributed by atoms with van der Waals surface area (Å²) in [5, 5.41) is 2.57. The first-order valence-electron chi connectivity index (χ1n) is 20.5. The smallest absolute Gasteiger partial charge is 0.262 e. The molecule has 1 N–H and O–H groups in total. The summed E-state index contributed by atoms with van der Waals surface area (Å²) in [4.78, 5) is 81.6. The van der Waals surface area contributed by atoms with Gasteiger partial charge in [0.2, 0.25) is 17.5 Å². The molecule has 306 valence electrons. The highest BCUT2D eigenvalue weighted by Gasteiger charge is 2.45. The van der Waals surface area contributed by atoms with Crippen molar-refractivity contribution in [3.8, 4) is 5.75 Å². The summed E-state index contributed by atoms with van der Waals surface area (Å²) in [5.41, 5.74) is 2.39. The van der Waals surface area contributed by atoms with Gasteiger partial charge in [-0.15, -0.1) is 0 Å². The summed E-state index contributed by atoms with van der Waals surface area (Å²) in [5.74, 6) is -1.00. The minimum Gasteiger partial charge on any atom is -0.490 e. The number of piperidine rings is 2. The molecule has 14 nitrogen and oxygen atoms in total. The summed E-state index contributed by atoms with van der Waals surface area (Å²) in [6.07, 6.45) is 7.20. The molecule has 59 heavy (non-hydrogen) atoms. The number of rotatable bonds is 8. The second kappa shape index (κ2) is 15.9. The molecule has 5 aliphatic heterocycles. The van der Waals surface area contributed by atoms with E-state index >= 15 is 4.39 Å². The van der Waals surface area contributed by atoms with Crippen LogP contribution in [-0.2, 0) is 16.1 Å². The third kappa shape index (κ3) is 7.48. The van der Waals surface area contributed by atoms with Crippen LogP contribution in [0.5, 0.6) is 5.75 Å². The van der Waals surface area contributed by atoms with Crippen molar-refractivity contribution in [1.82, 2.24) is 25.0 Å². The van der Waals surface area contributed by atoms with Crippen molar-refractivity contribution >= 4 is 58.3 Å². The van der Waals surface area contributed by atoms with Crippen LogP contribution in [0.3, 0.4) is 0 Å². The van der Waals surface area contributed by atoms with Gasteiger partial charge in [-0.3, -0.25) is 39.1 Å². The Labute approximate surface area is 346 Å². The quantitative estimate of drug-likeness (QED) is 0.238. The Bertz CT molecular complexity index is 2280. The lowest BCUT2D eigenvalue weighted by molar-refractivity contribution is -0.136. The molecule has 4 fully saturated rings. The van der Waals surface area contributed by atoms with Gasteiger partial charge in [-0.2, -0.15) is 0 Å². The fourth-order valence-corrected chi connectivity index (χ4v) is 9.82. The van der Waals surface area contributed by atoms with E-state index in [0.717, 1.165) is 93.6 Å². The van der Waals surface area contributed by atoms with Crippen LogP contribution in [0, 0.1) is 18.3 Å². The molecule has 1 saturated carbocycles. The first-order chi connectivity index (χ1) is 28.5. The number of aromatic nitrogens is 1. The number of nitrogens with zero attached hydrogens (tertiary/aromatic N) is 7. The molecule has 1 aliphatic carbocycles. The number of hydrogen-bond acceptors (Lipinski definition) is 10. The Kier molecular flexibility index (Phi) is 10.5. The summed E-state index contributed by atoms with van der Waals surface area (Å²) >= 11 is 6.20. The van der Waals surface area contributed by atoms with Gasteiger partial charge in [0.25, 0.3) is 17.7 Å². The minimum atomic E-state index is -1.10. The Hall–Kier alpha value is -5.59. The average Bonchev–Trinajstić information content (AvgIpc) is 3.69. The zero-order valence-electron chi connectivity index (χ0n) is 32.5. The fourth-order valence-electron chi connectivity index (χ4n) is 9.61. The molecule has 1 unspecified atom stereocenters. The molecule has 6 heterocycles. The Morgan fingerprint density at radius 3 is 2.25 bits per heavy atom. The number of halogens is 2. The Morgan fingerprint density at radius 2 is 1.56 bits per heavy atom. The third-order valence-electron chi connectivity index (χ3n) is 12.9. The van der Waals surface area contributed by atoms with E-state index in [2.05, 4.69) is 26.0 Å². The molecule has 9 rings (SSSR count). The van der Waals surface area contributed by atoms with E-state index < -0.39 is 35.5 Å². The van der Waals surface area contributed by atoms with Gasteiger partial charge in [0.1, 0.15) is 23.4 Å². The lowest BCUT2D eigenvalue weighted by atomic mass is 9.92. The first kappa shape index (κ1) is 38.9. The van der Waals surface area contributed by atoms with Crippen molar-refractivity contribution < 1.29 is 33.1 Å². The van der Waals surface area contributed by atoms with Crippen LogP contribution >= 0.6 is 11.6 Å². The van der Waals surface area contributed by atoms with Gasteiger partial charge in [0.15, 0.2) is 0 Å². The Morgan fingerprint density at radius 1 is 0.831 bits per heavy atom. The van der Waals surface area contributed by atoms with Crippen molar-refractivity contribution in [3.05, 3.63) is 87.1 Å². The van der Waals surface area contributed by atoms with Gasteiger partial charge >= 0.3 is 0 Å². The molecule has 1 atom stereocenters. The van der Waals surface area contributed by atoms with Crippen LogP contribution < -0.4 is 19.9 Å². The number of amides is 5. The van der Waals surface area contributed by atoms with Crippen molar-refractivity contribution in [2.45, 2.75) is 76.1 Å². The normalized spacial score (nSPS) is 24.0.